The van der Waals surface area contributed by atoms with Gasteiger partial charge in [0, 0.05) is 106 Å². The van der Waals surface area contributed by atoms with Gasteiger partial charge in [0.1, 0.15) is 0 Å². The molecule has 9 heteroatoms. The Labute approximate surface area is 155 Å². The predicted molar refractivity (Wildman–Crippen MR) is 56.0 cm³/mol. The smallest absolute Gasteiger partial charge is 0 e. The van der Waals surface area contributed by atoms with Crippen molar-refractivity contribution in [3.8, 4) is 0 Å². The Morgan fingerprint density at radius 1 is 0.222 bits per heavy atom. The molecule has 0 heterocycles. The van der Waals surface area contributed by atoms with Gasteiger partial charge in [-0.2, -0.15) is 0 Å². The molecule has 0 spiro atoms. The van der Waals surface area contributed by atoms with Crippen LogP contribution < -0.4 is 0 Å². The Morgan fingerprint density at radius 3 is 0.222 bits per heavy atom. The molecule has 33 radical (unpaired) electrons. The standard InChI is InChI=1S/3GeH.6Ge/h3*1H;;;;;;. The maximum absolute atomic E-state index is 0. The Balaban J connectivity index is 0. The molecule has 0 fully saturated rings. The van der Waals surface area contributed by atoms with E-state index >= 15 is 0 Å². The van der Waals surface area contributed by atoms with Crippen molar-refractivity contribution in [2.75, 3.05) is 0 Å². The monoisotopic (exact) mass is 668 g/mol. The van der Waals surface area contributed by atoms with Gasteiger partial charge in [-0.15, -0.1) is 0 Å². The summed E-state index contributed by atoms with van der Waals surface area (Å²) in [5, 5.41) is 0. The van der Waals surface area contributed by atoms with Gasteiger partial charge < -0.3 is 0 Å². The van der Waals surface area contributed by atoms with Crippen molar-refractivity contribution in [3.05, 3.63) is 0 Å². The average molecular weight is 657 g/mol. The Hall–Kier alpha value is 4.89. The molecular weight excluding hydrogens is 653 g/mol. The van der Waals surface area contributed by atoms with Crippen LogP contribution in [-0.4, -0.2) is 158 Å². The molecule has 0 aromatic heterocycles. The fourth-order valence-corrected chi connectivity index (χ4v) is 0. The molecule has 0 aliphatic carbocycles. The molecule has 0 amide bonds. The van der Waals surface area contributed by atoms with Crippen LogP contribution in [0.25, 0.3) is 0 Å². The normalized spacial score (nSPS) is 0. The number of rotatable bonds is 0. The summed E-state index contributed by atoms with van der Waals surface area (Å²) >= 11 is 0. The van der Waals surface area contributed by atoms with Gasteiger partial charge >= 0.3 is 52.8 Å². The van der Waals surface area contributed by atoms with Gasteiger partial charge in [-0.1, -0.05) is 0 Å². The maximum atomic E-state index is 0. The second kappa shape index (κ2) is 76.3. The van der Waals surface area contributed by atoms with Crippen LogP contribution in [0.15, 0.2) is 0 Å². The number of hydrogen-bond acceptors (Lipinski definition) is 0. The molecule has 0 aliphatic rings. The van der Waals surface area contributed by atoms with Crippen LogP contribution in [0.3, 0.4) is 0 Å². The third-order valence-electron chi connectivity index (χ3n) is 0. The van der Waals surface area contributed by atoms with Crippen LogP contribution in [0.5, 0.6) is 0 Å². The van der Waals surface area contributed by atoms with E-state index in [0.717, 1.165) is 0 Å². The average Bonchev–Trinajstić information content (AvgIpc) is 0. The third kappa shape index (κ3) is 64.0. The van der Waals surface area contributed by atoms with E-state index in [1.54, 1.807) is 0 Å². The Bertz CT molecular complexity index is 0. The molecule has 0 saturated heterocycles. The minimum atomic E-state index is 0. The van der Waals surface area contributed by atoms with Crippen molar-refractivity contribution < 1.29 is 0 Å². The molecule has 0 aromatic rings. The quantitative estimate of drug-likeness (QED) is 0.232. The van der Waals surface area contributed by atoms with Crippen molar-refractivity contribution in [3.63, 3.8) is 0 Å². The summed E-state index contributed by atoms with van der Waals surface area (Å²) in [7, 11) is 0. The largest absolute Gasteiger partial charge is 0 e. The van der Waals surface area contributed by atoms with Gasteiger partial charge in [-0.3, -0.25) is 0 Å². The predicted octanol–water partition coefficient (Wildman–Crippen LogP) is -4.23. The van der Waals surface area contributed by atoms with Gasteiger partial charge in [-0.05, 0) is 0 Å². The second-order valence-corrected chi connectivity index (χ2v) is 0. The summed E-state index contributed by atoms with van der Waals surface area (Å²) in [6, 6.07) is 0. The van der Waals surface area contributed by atoms with Crippen LogP contribution in [0.2, 0.25) is 0 Å². The van der Waals surface area contributed by atoms with E-state index in [0.29, 0.717) is 0 Å². The van der Waals surface area contributed by atoms with E-state index in [1.807, 2.05) is 0 Å². The zero-order valence-corrected chi connectivity index (χ0v) is 24.6. The number of hydrogen-bond donors (Lipinski definition) is 0. The molecule has 0 aromatic carbocycles. The molecule has 0 rings (SSSR count). The fraction of sp³-hybridized carbons (Fsp3) is 0. The van der Waals surface area contributed by atoms with Crippen molar-refractivity contribution >= 4 is 158 Å². The molecular formula is H3Ge9. The van der Waals surface area contributed by atoms with E-state index in [2.05, 4.69) is 0 Å². The van der Waals surface area contributed by atoms with Gasteiger partial charge in [-0.25, -0.2) is 0 Å². The van der Waals surface area contributed by atoms with Crippen LogP contribution >= 0.6 is 0 Å². The molecule has 39 valence electrons. The molecule has 0 nitrogen and oxygen atoms in total. The molecule has 0 saturated carbocycles. The Kier molecular flexibility index (Phi) is 818. The van der Waals surface area contributed by atoms with E-state index < -0.39 is 0 Å². The van der Waals surface area contributed by atoms with E-state index in [1.165, 1.54) is 0 Å². The molecule has 9 heavy (non-hydrogen) atoms. The minimum absolute atomic E-state index is 0. The van der Waals surface area contributed by atoms with Gasteiger partial charge in [0.05, 0.1) is 0 Å². The van der Waals surface area contributed by atoms with Crippen molar-refractivity contribution in [2.24, 2.45) is 0 Å². The van der Waals surface area contributed by atoms with Crippen LogP contribution in [0, 0.1) is 0 Å². The van der Waals surface area contributed by atoms with Crippen LogP contribution in [0.4, 0.5) is 0 Å². The van der Waals surface area contributed by atoms with Crippen molar-refractivity contribution in [2.45, 2.75) is 0 Å². The topological polar surface area (TPSA) is 0 Å². The van der Waals surface area contributed by atoms with Crippen molar-refractivity contribution in [1.29, 1.82) is 0 Å². The van der Waals surface area contributed by atoms with E-state index in [9.17, 15) is 0 Å². The first-order valence-corrected chi connectivity index (χ1v) is 0. The molecule has 0 atom stereocenters. The first-order chi connectivity index (χ1) is 0. The van der Waals surface area contributed by atoms with Crippen LogP contribution in [0.1, 0.15) is 0 Å². The summed E-state index contributed by atoms with van der Waals surface area (Å²) < 4.78 is 0. The summed E-state index contributed by atoms with van der Waals surface area (Å²) in [5.74, 6) is 0. The first kappa shape index (κ1) is 96.6. The SMILES string of the molecule is [GeH].[GeH].[GeH].[Ge].[Ge].[Ge].[Ge].[Ge].[Ge]. The maximum Gasteiger partial charge on any atom is 0 e. The summed E-state index contributed by atoms with van der Waals surface area (Å²) in [5.41, 5.74) is 0. The summed E-state index contributed by atoms with van der Waals surface area (Å²) in [4.78, 5) is 0. The van der Waals surface area contributed by atoms with Crippen molar-refractivity contribution in [1.82, 2.24) is 0 Å². The molecule has 0 bridgehead atoms. The third-order valence-corrected chi connectivity index (χ3v) is 0. The first-order valence-electron chi connectivity index (χ1n) is 0. The summed E-state index contributed by atoms with van der Waals surface area (Å²) in [6.45, 7) is 0. The molecule has 0 unspecified atom stereocenters. The van der Waals surface area contributed by atoms with E-state index in [4.69, 9.17) is 0 Å². The van der Waals surface area contributed by atoms with Gasteiger partial charge in [0.2, 0.25) is 0 Å². The van der Waals surface area contributed by atoms with Gasteiger partial charge in [0.15, 0.2) is 0 Å². The fourth-order valence-electron chi connectivity index (χ4n) is 0. The van der Waals surface area contributed by atoms with Crippen LogP contribution in [-0.2, 0) is 0 Å². The zero-order chi connectivity index (χ0) is 0. The van der Waals surface area contributed by atoms with Gasteiger partial charge in [0.25, 0.3) is 0 Å². The zero-order valence-electron chi connectivity index (χ0n) is 4.73. The minimum Gasteiger partial charge on any atom is 0 e. The molecule has 0 aliphatic heterocycles. The summed E-state index contributed by atoms with van der Waals surface area (Å²) in [6.07, 6.45) is 0. The second-order valence-electron chi connectivity index (χ2n) is 0. The Morgan fingerprint density at radius 2 is 0.222 bits per heavy atom. The molecule has 0 N–H and O–H groups in total. The van der Waals surface area contributed by atoms with E-state index in [-0.39, 0.29) is 158 Å².